The normalized spacial score (nSPS) is 20.3. The molecule has 1 saturated heterocycles. The smallest absolute Gasteiger partial charge is 0.334 e. The van der Waals surface area contributed by atoms with Crippen LogP contribution in [-0.2, 0) is 30.3 Å². The molecule has 3 aromatic rings. The molecule has 2 amide bonds. The number of Topliss-reactive ketones (excluding diaryl/α,β-unsaturated/α-hetero) is 1. The summed E-state index contributed by atoms with van der Waals surface area (Å²) in [5, 5.41) is 5.83. The largest absolute Gasteiger partial charge is 0.451 e. The second-order valence-corrected chi connectivity index (χ2v) is 11.0. The van der Waals surface area contributed by atoms with Gasteiger partial charge in [0.1, 0.15) is 11.4 Å². The number of thiophene rings is 1. The first-order valence-electron chi connectivity index (χ1n) is 12.3. The number of hydrogen-bond donors (Lipinski definition) is 1. The van der Waals surface area contributed by atoms with Gasteiger partial charge in [0.05, 0.1) is 6.42 Å². The first kappa shape index (κ1) is 25.9. The summed E-state index contributed by atoms with van der Waals surface area (Å²) in [5.74, 6) is -1.59. The quantitative estimate of drug-likeness (QED) is 0.319. The third-order valence-corrected chi connectivity index (χ3v) is 8.57. The van der Waals surface area contributed by atoms with Crippen molar-refractivity contribution in [3.63, 3.8) is 0 Å². The van der Waals surface area contributed by atoms with E-state index in [1.165, 1.54) is 28.0 Å². The van der Waals surface area contributed by atoms with Crippen LogP contribution in [0.2, 0.25) is 0 Å². The fourth-order valence-corrected chi connectivity index (χ4v) is 6.57. The lowest BCUT2D eigenvalue weighted by molar-refractivity contribution is -0.165. The van der Waals surface area contributed by atoms with E-state index in [-0.39, 0.29) is 30.1 Å². The Morgan fingerprint density at radius 2 is 1.63 bits per heavy atom. The van der Waals surface area contributed by atoms with Gasteiger partial charge in [-0.3, -0.25) is 14.4 Å². The molecule has 2 aromatic carbocycles. The number of esters is 1. The van der Waals surface area contributed by atoms with Crippen LogP contribution in [0, 0.1) is 0 Å². The Kier molecular flexibility index (Phi) is 7.76. The summed E-state index contributed by atoms with van der Waals surface area (Å²) < 4.78 is 6.05. The highest BCUT2D eigenvalue weighted by Gasteiger charge is 2.57. The molecule has 0 aliphatic carbocycles. The van der Waals surface area contributed by atoms with Crippen LogP contribution in [0.15, 0.2) is 89.2 Å². The van der Waals surface area contributed by atoms with Crippen LogP contribution in [0.4, 0.5) is 0 Å². The molecule has 7 nitrogen and oxygen atoms in total. The minimum Gasteiger partial charge on any atom is -0.451 e. The van der Waals surface area contributed by atoms with Crippen molar-refractivity contribution in [1.82, 2.24) is 10.2 Å². The molecule has 2 unspecified atom stereocenters. The highest BCUT2D eigenvalue weighted by atomic mass is 32.2. The number of β-lactam (4-membered cyclic amide) rings is 1. The third kappa shape index (κ3) is 5.16. The van der Waals surface area contributed by atoms with Crippen molar-refractivity contribution in [3.05, 3.63) is 105 Å². The maximum atomic E-state index is 13.8. The van der Waals surface area contributed by atoms with Gasteiger partial charge in [-0.2, -0.15) is 0 Å². The van der Waals surface area contributed by atoms with Gasteiger partial charge in [0.15, 0.2) is 17.9 Å². The molecule has 2 aliphatic heterocycles. The molecular weight excluding hydrogens is 520 g/mol. The Labute approximate surface area is 228 Å². The fraction of sp³-hybridized carbons (Fsp3) is 0.241. The molecule has 0 radical (unpaired) electrons. The Morgan fingerprint density at radius 3 is 2.21 bits per heavy atom. The fourth-order valence-electron chi connectivity index (χ4n) is 4.62. The molecule has 0 spiro atoms. The van der Waals surface area contributed by atoms with E-state index >= 15 is 0 Å². The van der Waals surface area contributed by atoms with Gasteiger partial charge in [-0.1, -0.05) is 73.7 Å². The Balaban J connectivity index is 1.39. The van der Waals surface area contributed by atoms with Crippen LogP contribution in [0.5, 0.6) is 0 Å². The number of amides is 2. The molecule has 194 valence electrons. The van der Waals surface area contributed by atoms with Crippen molar-refractivity contribution in [2.45, 2.75) is 43.3 Å². The van der Waals surface area contributed by atoms with Gasteiger partial charge in [-0.15, -0.1) is 23.1 Å². The lowest BCUT2D eigenvalue weighted by atomic mass is 9.94. The van der Waals surface area contributed by atoms with E-state index < -0.39 is 35.4 Å². The third-order valence-electron chi connectivity index (χ3n) is 6.52. The van der Waals surface area contributed by atoms with E-state index in [1.54, 1.807) is 12.3 Å². The average molecular weight is 547 g/mol. The number of ketones is 1. The van der Waals surface area contributed by atoms with Crippen molar-refractivity contribution in [3.8, 4) is 0 Å². The maximum absolute atomic E-state index is 13.8. The van der Waals surface area contributed by atoms with Crippen LogP contribution in [-0.4, -0.2) is 45.9 Å². The molecule has 5 rings (SSSR count). The number of thioether (sulfide) groups is 1. The standard InChI is InChI=1S/C29H26N2O5S2/c1-2-22(32)21-17-38-28-24(30-23(33)16-20-14-9-15-37-20)27(34)31(28)25(21)29(35)36-26(18-10-5-3-6-11-18)19-12-7-4-8-13-19/h3-15,17,24-26,28H,2,16H2,1H3,(H,30,33)/t24?,25?,28-/m1/s1. The van der Waals surface area contributed by atoms with Gasteiger partial charge in [0.25, 0.3) is 0 Å². The minimum atomic E-state index is -1.18. The monoisotopic (exact) mass is 546 g/mol. The van der Waals surface area contributed by atoms with Crippen LogP contribution in [0.25, 0.3) is 0 Å². The highest BCUT2D eigenvalue weighted by Crippen LogP contribution is 2.41. The summed E-state index contributed by atoms with van der Waals surface area (Å²) in [6, 6.07) is 20.4. The van der Waals surface area contributed by atoms with Crippen LogP contribution in [0.1, 0.15) is 35.5 Å². The molecule has 0 bridgehead atoms. The molecule has 0 saturated carbocycles. The van der Waals surface area contributed by atoms with E-state index in [0.29, 0.717) is 0 Å². The molecule has 2 aliphatic rings. The van der Waals surface area contributed by atoms with Crippen molar-refractivity contribution in [2.75, 3.05) is 0 Å². The molecule has 1 fully saturated rings. The molecule has 1 N–H and O–H groups in total. The SMILES string of the molecule is CCC(=O)C1=CS[C@@H]2C(NC(=O)Cc3cccs3)C(=O)N2C1C(=O)OC(c1ccccc1)c1ccccc1. The van der Waals surface area contributed by atoms with Crippen molar-refractivity contribution in [2.24, 2.45) is 0 Å². The van der Waals surface area contributed by atoms with Crippen LogP contribution in [0.3, 0.4) is 0 Å². The van der Waals surface area contributed by atoms with E-state index in [0.717, 1.165) is 16.0 Å². The average Bonchev–Trinajstić information content (AvgIpc) is 3.47. The highest BCUT2D eigenvalue weighted by molar-refractivity contribution is 8.03. The summed E-state index contributed by atoms with van der Waals surface area (Å²) in [7, 11) is 0. The summed E-state index contributed by atoms with van der Waals surface area (Å²) in [6.45, 7) is 1.71. The number of nitrogens with one attached hydrogen (secondary N) is 1. The number of carbonyl (C=O) groups is 4. The second kappa shape index (κ2) is 11.4. The Morgan fingerprint density at radius 1 is 0.974 bits per heavy atom. The zero-order valence-electron chi connectivity index (χ0n) is 20.6. The molecule has 9 heteroatoms. The van der Waals surface area contributed by atoms with Gasteiger partial charge in [0.2, 0.25) is 11.8 Å². The van der Waals surface area contributed by atoms with E-state index in [1.807, 2.05) is 78.2 Å². The van der Waals surface area contributed by atoms with Gasteiger partial charge in [-0.05, 0) is 28.0 Å². The Hall–Kier alpha value is -3.69. The zero-order chi connectivity index (χ0) is 26.6. The number of rotatable bonds is 9. The van der Waals surface area contributed by atoms with Crippen molar-refractivity contribution in [1.29, 1.82) is 0 Å². The molecule has 3 atom stereocenters. The van der Waals surface area contributed by atoms with Gasteiger partial charge < -0.3 is 15.0 Å². The predicted molar refractivity (Wildman–Crippen MR) is 146 cm³/mol. The summed E-state index contributed by atoms with van der Waals surface area (Å²) in [4.78, 5) is 54.7. The molecular formula is C29H26N2O5S2. The Bertz CT molecular complexity index is 1320. The second-order valence-electron chi connectivity index (χ2n) is 8.96. The molecule has 38 heavy (non-hydrogen) atoms. The number of carbonyl (C=O) groups excluding carboxylic acids is 4. The summed E-state index contributed by atoms with van der Waals surface area (Å²) in [5.41, 5.74) is 1.78. The lowest BCUT2D eigenvalue weighted by Crippen LogP contribution is -2.74. The van der Waals surface area contributed by atoms with Crippen LogP contribution >= 0.6 is 23.1 Å². The van der Waals surface area contributed by atoms with Gasteiger partial charge in [0, 0.05) is 16.9 Å². The number of nitrogens with zero attached hydrogens (tertiary/aromatic N) is 1. The molecule has 1 aromatic heterocycles. The van der Waals surface area contributed by atoms with E-state index in [2.05, 4.69) is 5.32 Å². The topological polar surface area (TPSA) is 92.8 Å². The number of ether oxygens (including phenoxy) is 1. The zero-order valence-corrected chi connectivity index (χ0v) is 22.2. The first-order chi connectivity index (χ1) is 18.5. The van der Waals surface area contributed by atoms with E-state index in [4.69, 9.17) is 4.74 Å². The summed E-state index contributed by atoms with van der Waals surface area (Å²) >= 11 is 2.73. The maximum Gasteiger partial charge on any atom is 0.334 e. The minimum absolute atomic E-state index is 0.176. The lowest BCUT2D eigenvalue weighted by Gasteiger charge is -2.51. The first-order valence-corrected chi connectivity index (χ1v) is 14.1. The van der Waals surface area contributed by atoms with Crippen LogP contribution < -0.4 is 5.32 Å². The number of hydrogen-bond acceptors (Lipinski definition) is 7. The predicted octanol–water partition coefficient (Wildman–Crippen LogP) is 4.25. The number of fused-ring (bicyclic) bond motifs is 1. The van der Waals surface area contributed by atoms with Crippen molar-refractivity contribution >= 4 is 46.7 Å². The summed E-state index contributed by atoms with van der Waals surface area (Å²) in [6.07, 6.45) is -0.353. The van der Waals surface area contributed by atoms with E-state index in [9.17, 15) is 19.2 Å². The van der Waals surface area contributed by atoms with Crippen molar-refractivity contribution < 1.29 is 23.9 Å². The van der Waals surface area contributed by atoms with Gasteiger partial charge >= 0.3 is 5.97 Å². The molecule has 3 heterocycles. The van der Waals surface area contributed by atoms with Gasteiger partial charge in [-0.25, -0.2) is 4.79 Å². The number of benzene rings is 2.